The monoisotopic (exact) mass is 288 g/mol. The van der Waals surface area contributed by atoms with E-state index in [0.29, 0.717) is 12.0 Å². The van der Waals surface area contributed by atoms with Crippen LogP contribution in [0.1, 0.15) is 18.4 Å². The molecule has 2 bridgehead atoms. The first kappa shape index (κ1) is 14.5. The van der Waals surface area contributed by atoms with Crippen LogP contribution in [0.3, 0.4) is 0 Å². The highest BCUT2D eigenvalue weighted by atomic mass is 16.5. The van der Waals surface area contributed by atoms with Crippen LogP contribution in [0.25, 0.3) is 0 Å². The van der Waals surface area contributed by atoms with Gasteiger partial charge in [-0.05, 0) is 24.3 Å². The number of carbonyl (C=O) groups is 1. The van der Waals surface area contributed by atoms with Gasteiger partial charge in [-0.15, -0.1) is 0 Å². The molecule has 21 heavy (non-hydrogen) atoms. The molecule has 0 radical (unpaired) electrons. The number of hydrogen-bond donors (Lipinski definition) is 0. The minimum absolute atomic E-state index is 0.135. The summed E-state index contributed by atoms with van der Waals surface area (Å²) in [5, 5.41) is 0. The number of nitrogens with zero attached hydrogens (tertiary/aromatic N) is 2. The van der Waals surface area contributed by atoms with Gasteiger partial charge in [0, 0.05) is 39.3 Å². The van der Waals surface area contributed by atoms with Gasteiger partial charge in [-0.2, -0.15) is 0 Å². The lowest BCUT2D eigenvalue weighted by molar-refractivity contribution is -0.135. The summed E-state index contributed by atoms with van der Waals surface area (Å²) >= 11 is 0. The Morgan fingerprint density at radius 2 is 2.00 bits per heavy atom. The summed E-state index contributed by atoms with van der Waals surface area (Å²) in [5.74, 6) is 0.740. The maximum absolute atomic E-state index is 12.1. The molecular formula is C17H24N2O2. The predicted molar refractivity (Wildman–Crippen MR) is 81.8 cm³/mol. The van der Waals surface area contributed by atoms with Crippen LogP contribution in [0, 0.1) is 5.92 Å². The molecule has 0 spiro atoms. The molecule has 0 saturated carbocycles. The van der Waals surface area contributed by atoms with Gasteiger partial charge < -0.3 is 9.64 Å². The molecule has 2 atom stereocenters. The van der Waals surface area contributed by atoms with Crippen molar-refractivity contribution in [3.05, 3.63) is 35.9 Å². The van der Waals surface area contributed by atoms with Crippen molar-refractivity contribution in [2.75, 3.05) is 33.4 Å². The molecule has 0 unspecified atom stereocenters. The Labute approximate surface area is 126 Å². The number of amides is 1. The molecule has 3 aliphatic heterocycles. The zero-order valence-electron chi connectivity index (χ0n) is 12.7. The lowest BCUT2D eigenvalue weighted by atomic mass is 9.94. The zero-order valence-corrected chi connectivity index (χ0v) is 12.7. The summed E-state index contributed by atoms with van der Waals surface area (Å²) in [6.45, 7) is 4.05. The predicted octanol–water partition coefficient (Wildman–Crippen LogP) is 1.76. The maximum Gasteiger partial charge on any atom is 0.248 e. The van der Waals surface area contributed by atoms with Crippen LogP contribution in [-0.2, 0) is 16.1 Å². The summed E-state index contributed by atoms with van der Waals surface area (Å²) in [7, 11) is 1.59. The molecule has 0 aliphatic carbocycles. The Morgan fingerprint density at radius 1 is 1.19 bits per heavy atom. The highest BCUT2D eigenvalue weighted by molar-refractivity contribution is 5.77. The number of hydrogen-bond acceptors (Lipinski definition) is 3. The summed E-state index contributed by atoms with van der Waals surface area (Å²) in [5.41, 5.74) is 1.36. The molecule has 4 rings (SSSR count). The average molecular weight is 288 g/mol. The molecule has 1 amide bonds. The third-order valence-electron chi connectivity index (χ3n) is 4.68. The van der Waals surface area contributed by atoms with Crippen molar-refractivity contribution in [1.82, 2.24) is 9.80 Å². The van der Waals surface area contributed by atoms with Crippen molar-refractivity contribution in [3.63, 3.8) is 0 Å². The average Bonchev–Trinajstić information content (AvgIpc) is 2.80. The van der Waals surface area contributed by atoms with E-state index in [1.165, 1.54) is 18.4 Å². The van der Waals surface area contributed by atoms with Crippen LogP contribution in [-0.4, -0.2) is 55.1 Å². The lowest BCUT2D eigenvalue weighted by Gasteiger charge is -2.36. The van der Waals surface area contributed by atoms with Gasteiger partial charge in [-0.25, -0.2) is 0 Å². The Balaban J connectivity index is 1.68. The molecular weight excluding hydrogens is 264 g/mol. The third-order valence-corrected chi connectivity index (χ3v) is 4.68. The summed E-state index contributed by atoms with van der Waals surface area (Å²) < 4.78 is 5.01. The van der Waals surface area contributed by atoms with Gasteiger partial charge in [0.15, 0.2) is 0 Å². The van der Waals surface area contributed by atoms with Gasteiger partial charge in [0.1, 0.15) is 6.61 Å². The van der Waals surface area contributed by atoms with E-state index in [1.54, 1.807) is 7.11 Å². The number of fused-ring (bicyclic) bond motifs is 4. The number of rotatable bonds is 4. The minimum atomic E-state index is 0.135. The van der Waals surface area contributed by atoms with E-state index >= 15 is 0 Å². The molecule has 4 heteroatoms. The molecule has 0 aromatic heterocycles. The highest BCUT2D eigenvalue weighted by Gasteiger charge is 2.36. The number of methoxy groups -OCH3 is 1. The summed E-state index contributed by atoms with van der Waals surface area (Å²) in [4.78, 5) is 16.7. The second-order valence-corrected chi connectivity index (χ2v) is 6.24. The van der Waals surface area contributed by atoms with Crippen molar-refractivity contribution in [3.8, 4) is 0 Å². The first-order valence-corrected chi connectivity index (χ1v) is 7.81. The van der Waals surface area contributed by atoms with Crippen LogP contribution >= 0.6 is 0 Å². The molecule has 1 aromatic carbocycles. The largest absolute Gasteiger partial charge is 0.375 e. The van der Waals surface area contributed by atoms with E-state index in [-0.39, 0.29) is 12.5 Å². The van der Waals surface area contributed by atoms with Gasteiger partial charge in [0.2, 0.25) is 5.91 Å². The molecule has 3 heterocycles. The van der Waals surface area contributed by atoms with Crippen LogP contribution in [0.4, 0.5) is 0 Å². The SMILES string of the molecule is COCC(=O)N1C[C@H]2CC[C@@H](C1)N(Cc1ccccc1)C2. The van der Waals surface area contributed by atoms with E-state index in [1.807, 2.05) is 4.90 Å². The van der Waals surface area contributed by atoms with Crippen molar-refractivity contribution in [2.24, 2.45) is 5.92 Å². The summed E-state index contributed by atoms with van der Waals surface area (Å²) in [6.07, 6.45) is 2.45. The van der Waals surface area contributed by atoms with E-state index in [0.717, 1.165) is 26.2 Å². The maximum atomic E-state index is 12.1. The second-order valence-electron chi connectivity index (χ2n) is 6.24. The lowest BCUT2D eigenvalue weighted by Crippen LogP contribution is -2.44. The number of benzene rings is 1. The number of carbonyl (C=O) groups excluding carboxylic acids is 1. The molecule has 3 saturated heterocycles. The fourth-order valence-corrected chi connectivity index (χ4v) is 3.61. The minimum Gasteiger partial charge on any atom is -0.375 e. The Morgan fingerprint density at radius 3 is 2.76 bits per heavy atom. The normalized spacial score (nSPS) is 25.9. The highest BCUT2D eigenvalue weighted by Crippen LogP contribution is 2.29. The van der Waals surface area contributed by atoms with Crippen LogP contribution in [0.15, 0.2) is 30.3 Å². The Kier molecular flexibility index (Phi) is 4.56. The number of piperidine rings is 1. The van der Waals surface area contributed by atoms with Crippen LogP contribution < -0.4 is 0 Å². The molecule has 0 N–H and O–H groups in total. The molecule has 3 fully saturated rings. The van der Waals surface area contributed by atoms with Gasteiger partial charge in [0.05, 0.1) is 0 Å². The van der Waals surface area contributed by atoms with E-state index in [9.17, 15) is 4.79 Å². The Bertz CT molecular complexity index is 477. The van der Waals surface area contributed by atoms with E-state index in [4.69, 9.17) is 4.74 Å². The second kappa shape index (κ2) is 6.58. The van der Waals surface area contributed by atoms with Gasteiger partial charge in [0.25, 0.3) is 0 Å². The van der Waals surface area contributed by atoms with Gasteiger partial charge in [-0.1, -0.05) is 30.3 Å². The molecule has 3 aliphatic rings. The smallest absolute Gasteiger partial charge is 0.248 e. The van der Waals surface area contributed by atoms with Gasteiger partial charge in [-0.3, -0.25) is 9.69 Å². The fourth-order valence-electron chi connectivity index (χ4n) is 3.61. The van der Waals surface area contributed by atoms with Crippen LogP contribution in [0.5, 0.6) is 0 Å². The van der Waals surface area contributed by atoms with Crippen molar-refractivity contribution in [1.29, 1.82) is 0 Å². The fraction of sp³-hybridized carbons (Fsp3) is 0.588. The topological polar surface area (TPSA) is 32.8 Å². The number of ether oxygens (including phenoxy) is 1. The Hall–Kier alpha value is -1.39. The van der Waals surface area contributed by atoms with E-state index in [2.05, 4.69) is 35.2 Å². The van der Waals surface area contributed by atoms with Crippen molar-refractivity contribution < 1.29 is 9.53 Å². The first-order chi connectivity index (χ1) is 10.3. The zero-order chi connectivity index (χ0) is 14.7. The molecule has 4 nitrogen and oxygen atoms in total. The van der Waals surface area contributed by atoms with Crippen molar-refractivity contribution in [2.45, 2.75) is 25.4 Å². The van der Waals surface area contributed by atoms with Gasteiger partial charge >= 0.3 is 0 Å². The van der Waals surface area contributed by atoms with E-state index < -0.39 is 0 Å². The molecule has 114 valence electrons. The quantitative estimate of drug-likeness (QED) is 0.846. The van der Waals surface area contributed by atoms with Crippen molar-refractivity contribution >= 4 is 5.91 Å². The first-order valence-electron chi connectivity index (χ1n) is 7.81. The summed E-state index contributed by atoms with van der Waals surface area (Å²) in [6, 6.07) is 11.1. The third kappa shape index (κ3) is 3.44. The standard InChI is InChI=1S/C17H24N2O2/c1-21-13-17(20)19-11-15-7-8-16(12-19)18(10-15)9-14-5-3-2-4-6-14/h2-6,15-16H,7-13H2,1H3/t15-,16-/m0/s1. The van der Waals surface area contributed by atoms with Crippen LogP contribution in [0.2, 0.25) is 0 Å². The molecule has 1 aromatic rings.